The summed E-state index contributed by atoms with van der Waals surface area (Å²) >= 11 is 0. The van der Waals surface area contributed by atoms with E-state index >= 15 is 0 Å². The van der Waals surface area contributed by atoms with Crippen LogP contribution in [0.5, 0.6) is 5.75 Å². The number of fused-ring (bicyclic) bond motifs is 1. The van der Waals surface area contributed by atoms with Crippen LogP contribution in [0.4, 0.5) is 8.78 Å². The maximum Gasteiger partial charge on any atom is 0.264 e. The van der Waals surface area contributed by atoms with Crippen LogP contribution in [0.2, 0.25) is 0 Å². The van der Waals surface area contributed by atoms with E-state index in [0.29, 0.717) is 35.5 Å². The number of methoxy groups -OCH3 is 1. The van der Waals surface area contributed by atoms with Crippen molar-refractivity contribution < 1.29 is 18.3 Å². The van der Waals surface area contributed by atoms with Crippen molar-refractivity contribution >= 4 is 16.9 Å². The summed E-state index contributed by atoms with van der Waals surface area (Å²) in [6, 6.07) is 9.37. The normalized spacial score (nSPS) is 15.0. The number of hydrogen-bond donors (Lipinski definition) is 0. The molecule has 0 aliphatic carbocycles. The predicted octanol–water partition coefficient (Wildman–Crippen LogP) is 3.34. The van der Waals surface area contributed by atoms with Crippen LogP contribution in [0.3, 0.4) is 0 Å². The number of aryl methyl sites for hydroxylation is 2. The van der Waals surface area contributed by atoms with Gasteiger partial charge >= 0.3 is 0 Å². The second kappa shape index (κ2) is 9.20. The maximum atomic E-state index is 13.5. The Morgan fingerprint density at radius 3 is 2.44 bits per heavy atom. The molecule has 7 nitrogen and oxygen atoms in total. The van der Waals surface area contributed by atoms with Crippen molar-refractivity contribution in [3.05, 3.63) is 52.8 Å². The average Bonchev–Trinajstić information content (AvgIpc) is 3.08. The van der Waals surface area contributed by atoms with Crippen molar-refractivity contribution in [2.24, 2.45) is 0 Å². The average molecular weight is 443 g/mol. The molecule has 3 aromatic rings. The molecule has 1 aliphatic rings. The van der Waals surface area contributed by atoms with E-state index in [-0.39, 0.29) is 18.0 Å². The number of halogens is 2. The van der Waals surface area contributed by atoms with Gasteiger partial charge in [-0.2, -0.15) is 5.10 Å². The lowest BCUT2D eigenvalue weighted by Gasteiger charge is -2.34. The molecule has 0 saturated carbocycles. The Labute approximate surface area is 185 Å². The Morgan fingerprint density at radius 2 is 1.81 bits per heavy atom. The van der Waals surface area contributed by atoms with E-state index in [1.807, 2.05) is 24.3 Å². The first-order valence-electron chi connectivity index (χ1n) is 10.6. The van der Waals surface area contributed by atoms with E-state index in [4.69, 9.17) is 4.74 Å². The van der Waals surface area contributed by atoms with Crippen LogP contribution in [0.25, 0.3) is 11.0 Å². The molecule has 1 aliphatic heterocycles. The Kier molecular flexibility index (Phi) is 6.36. The summed E-state index contributed by atoms with van der Waals surface area (Å²) in [6.45, 7) is 6.90. The molecule has 4 rings (SSSR count). The fraction of sp³-hybridized carbons (Fsp3) is 0.435. The minimum atomic E-state index is -2.62. The smallest absolute Gasteiger partial charge is 0.264 e. The third-order valence-electron chi connectivity index (χ3n) is 5.85. The first-order chi connectivity index (χ1) is 15.4. The fourth-order valence-electron chi connectivity index (χ4n) is 4.17. The van der Waals surface area contributed by atoms with Crippen LogP contribution in [0, 0.1) is 13.8 Å². The SMILES string of the molecule is COc1ccc(CN2CCN(C(=O)Cn3nc(C)c4c(C(F)F)cc(C)nc43)CC2)cc1. The standard InChI is InChI=1S/C23H27F2N5O2/c1-15-12-19(22(24)25)21-16(2)27-30(23(21)26-15)14-20(31)29-10-8-28(9-11-29)13-17-4-6-18(32-3)7-5-17/h4-7,12,22H,8-11,13-14H2,1-3H3. The van der Waals surface area contributed by atoms with E-state index in [2.05, 4.69) is 15.0 Å². The van der Waals surface area contributed by atoms with E-state index in [0.717, 1.165) is 25.4 Å². The summed E-state index contributed by atoms with van der Waals surface area (Å²) < 4.78 is 33.6. The zero-order valence-corrected chi connectivity index (χ0v) is 18.5. The van der Waals surface area contributed by atoms with Crippen LogP contribution in [0.15, 0.2) is 30.3 Å². The quantitative estimate of drug-likeness (QED) is 0.585. The van der Waals surface area contributed by atoms with Crippen molar-refractivity contribution in [2.75, 3.05) is 33.3 Å². The molecule has 0 radical (unpaired) electrons. The molecule has 0 spiro atoms. The highest BCUT2D eigenvalue weighted by Crippen LogP contribution is 2.30. The zero-order valence-electron chi connectivity index (χ0n) is 18.5. The molecule has 32 heavy (non-hydrogen) atoms. The molecule has 0 N–H and O–H groups in total. The van der Waals surface area contributed by atoms with Crippen LogP contribution >= 0.6 is 0 Å². The summed E-state index contributed by atoms with van der Waals surface area (Å²) in [4.78, 5) is 21.4. The molecule has 9 heteroatoms. The second-order valence-corrected chi connectivity index (χ2v) is 8.10. The largest absolute Gasteiger partial charge is 0.497 e. The van der Waals surface area contributed by atoms with Gasteiger partial charge < -0.3 is 9.64 Å². The van der Waals surface area contributed by atoms with Gasteiger partial charge in [-0.1, -0.05) is 12.1 Å². The lowest BCUT2D eigenvalue weighted by atomic mass is 10.1. The number of carbonyl (C=O) groups is 1. The summed E-state index contributed by atoms with van der Waals surface area (Å²) in [6.07, 6.45) is -2.62. The van der Waals surface area contributed by atoms with E-state index in [9.17, 15) is 13.6 Å². The lowest BCUT2D eigenvalue weighted by molar-refractivity contribution is -0.133. The number of ether oxygens (including phenoxy) is 1. The highest BCUT2D eigenvalue weighted by molar-refractivity contribution is 5.84. The predicted molar refractivity (Wildman–Crippen MR) is 117 cm³/mol. The van der Waals surface area contributed by atoms with Crippen molar-refractivity contribution in [3.8, 4) is 5.75 Å². The Bertz CT molecular complexity index is 1110. The van der Waals surface area contributed by atoms with Gasteiger partial charge in [0.05, 0.1) is 18.2 Å². The van der Waals surface area contributed by atoms with E-state index < -0.39 is 6.43 Å². The number of piperazine rings is 1. The van der Waals surface area contributed by atoms with Crippen molar-refractivity contribution in [3.63, 3.8) is 0 Å². The summed E-state index contributed by atoms with van der Waals surface area (Å²) in [5.74, 6) is 0.747. The monoisotopic (exact) mass is 443 g/mol. The van der Waals surface area contributed by atoms with Gasteiger partial charge in [-0.05, 0) is 37.6 Å². The molecule has 2 aromatic heterocycles. The van der Waals surface area contributed by atoms with Crippen molar-refractivity contribution in [1.82, 2.24) is 24.6 Å². The van der Waals surface area contributed by atoms with Crippen LogP contribution in [-0.4, -0.2) is 63.8 Å². The van der Waals surface area contributed by atoms with Gasteiger partial charge in [-0.25, -0.2) is 18.4 Å². The summed E-state index contributed by atoms with van der Waals surface area (Å²) in [5.41, 5.74) is 2.38. The maximum absolute atomic E-state index is 13.5. The molecule has 170 valence electrons. The number of aromatic nitrogens is 3. The van der Waals surface area contributed by atoms with Gasteiger partial charge in [0.1, 0.15) is 12.3 Å². The molecular weight excluding hydrogens is 416 g/mol. The number of pyridine rings is 1. The zero-order chi connectivity index (χ0) is 22.8. The molecule has 1 saturated heterocycles. The Hall–Kier alpha value is -3.07. The number of alkyl halides is 2. The molecular formula is C23H27F2N5O2. The van der Waals surface area contributed by atoms with E-state index in [1.54, 1.807) is 25.9 Å². The molecule has 0 unspecified atom stereocenters. The van der Waals surface area contributed by atoms with E-state index in [1.165, 1.54) is 16.3 Å². The molecule has 0 bridgehead atoms. The summed E-state index contributed by atoms with van der Waals surface area (Å²) in [7, 11) is 1.65. The fourth-order valence-corrected chi connectivity index (χ4v) is 4.17. The Balaban J connectivity index is 1.40. The molecule has 1 amide bonds. The van der Waals surface area contributed by atoms with Gasteiger partial charge in [-0.3, -0.25) is 9.69 Å². The highest BCUT2D eigenvalue weighted by Gasteiger charge is 2.24. The number of nitrogens with zero attached hydrogens (tertiary/aromatic N) is 5. The minimum absolute atomic E-state index is 0.0120. The third kappa shape index (κ3) is 4.57. The van der Waals surface area contributed by atoms with Gasteiger partial charge in [0.2, 0.25) is 5.91 Å². The Morgan fingerprint density at radius 1 is 1.12 bits per heavy atom. The van der Waals surface area contributed by atoms with Crippen LogP contribution in [-0.2, 0) is 17.9 Å². The molecule has 0 atom stereocenters. The first-order valence-corrected chi connectivity index (χ1v) is 10.6. The number of hydrogen-bond acceptors (Lipinski definition) is 5. The van der Waals surface area contributed by atoms with Gasteiger partial charge in [-0.15, -0.1) is 0 Å². The lowest BCUT2D eigenvalue weighted by Crippen LogP contribution is -2.49. The van der Waals surface area contributed by atoms with Crippen molar-refractivity contribution in [2.45, 2.75) is 33.4 Å². The number of rotatable bonds is 6. The molecule has 3 heterocycles. The van der Waals surface area contributed by atoms with Crippen LogP contribution < -0.4 is 4.74 Å². The van der Waals surface area contributed by atoms with Gasteiger partial charge in [0.25, 0.3) is 6.43 Å². The van der Waals surface area contributed by atoms with Crippen LogP contribution in [0.1, 0.15) is 28.9 Å². The first kappa shape index (κ1) is 22.1. The van der Waals surface area contributed by atoms with Gasteiger partial charge in [0.15, 0.2) is 5.65 Å². The number of amides is 1. The summed E-state index contributed by atoms with van der Waals surface area (Å²) in [5, 5.41) is 4.68. The van der Waals surface area contributed by atoms with Gasteiger partial charge in [0, 0.05) is 44.0 Å². The molecule has 1 fully saturated rings. The minimum Gasteiger partial charge on any atom is -0.497 e. The number of benzene rings is 1. The highest BCUT2D eigenvalue weighted by atomic mass is 19.3. The van der Waals surface area contributed by atoms with Crippen molar-refractivity contribution in [1.29, 1.82) is 0 Å². The topological polar surface area (TPSA) is 63.5 Å². The molecule has 1 aromatic carbocycles. The third-order valence-corrected chi connectivity index (χ3v) is 5.85. The number of carbonyl (C=O) groups excluding carboxylic acids is 1. The second-order valence-electron chi connectivity index (χ2n) is 8.10.